The molecule has 0 bridgehead atoms. The van der Waals surface area contributed by atoms with Crippen molar-refractivity contribution in [1.29, 1.82) is 0 Å². The van der Waals surface area contributed by atoms with Crippen LogP contribution in [-0.4, -0.2) is 41.9 Å². The lowest BCUT2D eigenvalue weighted by Gasteiger charge is -2.35. The van der Waals surface area contributed by atoms with Crippen molar-refractivity contribution in [3.63, 3.8) is 0 Å². The van der Waals surface area contributed by atoms with Crippen molar-refractivity contribution in [3.05, 3.63) is 23.8 Å². The molecule has 0 aliphatic carbocycles. The lowest BCUT2D eigenvalue weighted by Crippen LogP contribution is -2.44. The van der Waals surface area contributed by atoms with Crippen LogP contribution in [0.5, 0.6) is 11.5 Å². The molecule has 1 aromatic carbocycles. The van der Waals surface area contributed by atoms with Crippen LogP contribution in [0.15, 0.2) is 18.2 Å². The second-order valence-corrected chi connectivity index (χ2v) is 6.28. The van der Waals surface area contributed by atoms with E-state index >= 15 is 0 Å². The first-order chi connectivity index (χ1) is 10.3. The maximum absolute atomic E-state index is 12.8. The Labute approximate surface area is 133 Å². The predicted molar refractivity (Wildman–Crippen MR) is 84.5 cm³/mol. The molecule has 3 rings (SSSR count). The zero-order chi connectivity index (χ0) is 14.7. The second-order valence-electron chi connectivity index (χ2n) is 5.48. The first-order valence-electron chi connectivity index (χ1n) is 7.56. The number of amides is 1. The summed E-state index contributed by atoms with van der Waals surface area (Å²) in [5.74, 6) is 1.52. The van der Waals surface area contributed by atoms with Gasteiger partial charge >= 0.3 is 0 Å². The fourth-order valence-electron chi connectivity index (χ4n) is 3.04. The van der Waals surface area contributed by atoms with Gasteiger partial charge in [0.2, 0.25) is 0 Å². The van der Waals surface area contributed by atoms with E-state index in [1.807, 2.05) is 23.1 Å². The molecule has 2 aliphatic heterocycles. The van der Waals surface area contributed by atoms with Crippen LogP contribution < -0.4 is 9.47 Å². The summed E-state index contributed by atoms with van der Waals surface area (Å²) >= 11 is 3.49. The van der Waals surface area contributed by atoms with E-state index in [-0.39, 0.29) is 5.91 Å². The van der Waals surface area contributed by atoms with Gasteiger partial charge in [0.05, 0.1) is 0 Å². The summed E-state index contributed by atoms with van der Waals surface area (Å²) in [7, 11) is 0. The highest BCUT2D eigenvalue weighted by atomic mass is 79.9. The molecule has 2 aliphatic rings. The SMILES string of the molecule is O=C(c1ccc2c(c1)OCCO2)N1CCCCC1CCBr. The number of rotatable bonds is 3. The molecule has 2 heterocycles. The maximum atomic E-state index is 12.8. The minimum atomic E-state index is 0.109. The molecule has 1 saturated heterocycles. The largest absolute Gasteiger partial charge is 0.486 e. The number of likely N-dealkylation sites (tertiary alicyclic amines) is 1. The first kappa shape index (κ1) is 14.7. The fourth-order valence-corrected chi connectivity index (χ4v) is 3.56. The standard InChI is InChI=1S/C16H20BrNO3/c17-7-6-13-3-1-2-8-18(13)16(19)12-4-5-14-15(11-12)21-10-9-20-14/h4-5,11,13H,1-3,6-10H2. The van der Waals surface area contributed by atoms with Crippen molar-refractivity contribution in [2.45, 2.75) is 31.7 Å². The number of nitrogens with zero attached hydrogens (tertiary/aromatic N) is 1. The van der Waals surface area contributed by atoms with Gasteiger partial charge in [-0.3, -0.25) is 4.79 Å². The Bertz CT molecular complexity index is 518. The Morgan fingerprint density at radius 2 is 2.05 bits per heavy atom. The van der Waals surface area contributed by atoms with E-state index in [9.17, 15) is 4.79 Å². The van der Waals surface area contributed by atoms with Crippen LogP contribution in [0.4, 0.5) is 0 Å². The molecule has 21 heavy (non-hydrogen) atoms. The van der Waals surface area contributed by atoms with Crippen molar-refractivity contribution in [1.82, 2.24) is 4.90 Å². The van der Waals surface area contributed by atoms with Gasteiger partial charge in [-0.1, -0.05) is 15.9 Å². The molecule has 0 saturated carbocycles. The summed E-state index contributed by atoms with van der Waals surface area (Å²) in [6, 6.07) is 5.84. The van der Waals surface area contributed by atoms with Crippen molar-refractivity contribution in [2.75, 3.05) is 25.1 Å². The molecule has 0 spiro atoms. The van der Waals surface area contributed by atoms with E-state index in [2.05, 4.69) is 15.9 Å². The fraction of sp³-hybridized carbons (Fsp3) is 0.562. The predicted octanol–water partition coefficient (Wildman–Crippen LogP) is 3.24. The Kier molecular flexibility index (Phi) is 4.68. The molecule has 4 nitrogen and oxygen atoms in total. The number of benzene rings is 1. The van der Waals surface area contributed by atoms with Gasteiger partial charge in [-0.2, -0.15) is 0 Å². The number of halogens is 1. The quantitative estimate of drug-likeness (QED) is 0.783. The number of carbonyl (C=O) groups is 1. The van der Waals surface area contributed by atoms with Gasteiger partial charge in [-0.15, -0.1) is 0 Å². The summed E-state index contributed by atoms with van der Waals surface area (Å²) in [4.78, 5) is 14.8. The molecule has 0 N–H and O–H groups in total. The molecule has 1 fully saturated rings. The van der Waals surface area contributed by atoms with Gasteiger partial charge in [0.1, 0.15) is 13.2 Å². The van der Waals surface area contributed by atoms with Crippen LogP contribution in [0, 0.1) is 0 Å². The van der Waals surface area contributed by atoms with Gasteiger partial charge in [-0.05, 0) is 43.9 Å². The number of ether oxygens (including phenoxy) is 2. The summed E-state index contributed by atoms with van der Waals surface area (Å²) in [5, 5.41) is 0.933. The topological polar surface area (TPSA) is 38.8 Å². The summed E-state index contributed by atoms with van der Waals surface area (Å²) < 4.78 is 11.1. The molecule has 5 heteroatoms. The summed E-state index contributed by atoms with van der Waals surface area (Å²) in [6.45, 7) is 1.96. The third-order valence-corrected chi connectivity index (χ3v) is 4.58. The molecule has 1 aromatic rings. The van der Waals surface area contributed by atoms with Crippen LogP contribution >= 0.6 is 15.9 Å². The highest BCUT2D eigenvalue weighted by Gasteiger charge is 2.27. The van der Waals surface area contributed by atoms with Crippen LogP contribution in [0.1, 0.15) is 36.0 Å². The molecular formula is C16H20BrNO3. The van der Waals surface area contributed by atoms with E-state index in [1.165, 1.54) is 6.42 Å². The molecule has 1 unspecified atom stereocenters. The van der Waals surface area contributed by atoms with E-state index < -0.39 is 0 Å². The van der Waals surface area contributed by atoms with Gasteiger partial charge in [0.15, 0.2) is 11.5 Å². The number of hydrogen-bond acceptors (Lipinski definition) is 3. The van der Waals surface area contributed by atoms with Crippen LogP contribution in [-0.2, 0) is 0 Å². The van der Waals surface area contributed by atoms with Crippen LogP contribution in [0.3, 0.4) is 0 Å². The van der Waals surface area contributed by atoms with Crippen LogP contribution in [0.2, 0.25) is 0 Å². The number of fused-ring (bicyclic) bond motifs is 1. The summed E-state index contributed by atoms with van der Waals surface area (Å²) in [5.41, 5.74) is 0.695. The molecule has 114 valence electrons. The minimum absolute atomic E-state index is 0.109. The number of carbonyl (C=O) groups excluding carboxylic acids is 1. The minimum Gasteiger partial charge on any atom is -0.486 e. The van der Waals surface area contributed by atoms with E-state index in [0.29, 0.717) is 30.6 Å². The highest BCUT2D eigenvalue weighted by molar-refractivity contribution is 9.09. The molecule has 0 aromatic heterocycles. The van der Waals surface area contributed by atoms with Crippen molar-refractivity contribution < 1.29 is 14.3 Å². The van der Waals surface area contributed by atoms with Crippen molar-refractivity contribution in [2.24, 2.45) is 0 Å². The average molecular weight is 354 g/mol. The number of alkyl halides is 1. The smallest absolute Gasteiger partial charge is 0.254 e. The molecular weight excluding hydrogens is 334 g/mol. The second kappa shape index (κ2) is 6.69. The Hall–Kier alpha value is -1.23. The Morgan fingerprint density at radius 1 is 1.24 bits per heavy atom. The normalized spacial score (nSPS) is 21.2. The van der Waals surface area contributed by atoms with Crippen molar-refractivity contribution >= 4 is 21.8 Å². The third kappa shape index (κ3) is 3.18. The van der Waals surface area contributed by atoms with Gasteiger partial charge in [-0.25, -0.2) is 0 Å². The zero-order valence-electron chi connectivity index (χ0n) is 12.0. The highest BCUT2D eigenvalue weighted by Crippen LogP contribution is 2.32. The van der Waals surface area contributed by atoms with Gasteiger partial charge < -0.3 is 14.4 Å². The zero-order valence-corrected chi connectivity index (χ0v) is 13.6. The maximum Gasteiger partial charge on any atom is 0.254 e. The number of piperidine rings is 1. The Balaban J connectivity index is 1.80. The van der Waals surface area contributed by atoms with Crippen molar-refractivity contribution in [3.8, 4) is 11.5 Å². The molecule has 1 atom stereocenters. The summed E-state index contributed by atoms with van der Waals surface area (Å²) in [6.07, 6.45) is 4.41. The number of hydrogen-bond donors (Lipinski definition) is 0. The average Bonchev–Trinajstić information content (AvgIpc) is 2.54. The lowest BCUT2D eigenvalue weighted by atomic mass is 9.98. The molecule has 1 amide bonds. The van der Waals surface area contributed by atoms with E-state index in [1.54, 1.807) is 0 Å². The van der Waals surface area contributed by atoms with Gasteiger partial charge in [0.25, 0.3) is 5.91 Å². The van der Waals surface area contributed by atoms with Gasteiger partial charge in [0, 0.05) is 23.5 Å². The lowest BCUT2D eigenvalue weighted by molar-refractivity contribution is 0.0609. The van der Waals surface area contributed by atoms with E-state index in [0.717, 1.165) is 36.9 Å². The first-order valence-corrected chi connectivity index (χ1v) is 8.68. The Morgan fingerprint density at radius 3 is 2.86 bits per heavy atom. The third-order valence-electron chi connectivity index (χ3n) is 4.12. The monoisotopic (exact) mass is 353 g/mol. The van der Waals surface area contributed by atoms with Crippen LogP contribution in [0.25, 0.3) is 0 Å². The molecule has 0 radical (unpaired) electrons. The van der Waals surface area contributed by atoms with E-state index in [4.69, 9.17) is 9.47 Å².